The van der Waals surface area contributed by atoms with E-state index in [1.54, 1.807) is 6.07 Å². The lowest BCUT2D eigenvalue weighted by molar-refractivity contribution is 0.196. The van der Waals surface area contributed by atoms with Gasteiger partial charge in [0, 0.05) is 19.2 Å². The minimum Gasteiger partial charge on any atom is -0.363 e. The number of amides is 2. The maximum Gasteiger partial charge on any atom is 0.323 e. The number of nitrogens with one attached hydrogen (secondary N) is 1. The van der Waals surface area contributed by atoms with Gasteiger partial charge in [0.15, 0.2) is 5.82 Å². The van der Waals surface area contributed by atoms with Crippen molar-refractivity contribution in [3.05, 3.63) is 12.3 Å². The van der Waals surface area contributed by atoms with Crippen molar-refractivity contribution in [2.75, 3.05) is 18.4 Å². The number of carbonyl (C=O) groups is 1. The van der Waals surface area contributed by atoms with E-state index in [1.807, 2.05) is 4.90 Å². The molecule has 5 nitrogen and oxygen atoms in total. The van der Waals surface area contributed by atoms with E-state index in [0.717, 1.165) is 13.1 Å². The highest BCUT2D eigenvalue weighted by Gasteiger charge is 2.16. The van der Waals surface area contributed by atoms with Crippen molar-refractivity contribution in [2.45, 2.75) is 27.7 Å². The number of carbonyl (C=O) groups excluding carboxylic acids is 1. The van der Waals surface area contributed by atoms with Crippen molar-refractivity contribution in [1.29, 1.82) is 0 Å². The lowest BCUT2D eigenvalue weighted by atomic mass is 10.1. The molecule has 0 aliphatic heterocycles. The third-order valence-electron chi connectivity index (χ3n) is 2.13. The molecule has 0 aromatic carbocycles. The van der Waals surface area contributed by atoms with E-state index >= 15 is 0 Å². The summed E-state index contributed by atoms with van der Waals surface area (Å²) in [6.45, 7) is 9.85. The van der Waals surface area contributed by atoms with Gasteiger partial charge in [-0.15, -0.1) is 0 Å². The first kappa shape index (κ1) is 13.5. The van der Waals surface area contributed by atoms with E-state index in [4.69, 9.17) is 0 Å². The second kappa shape index (κ2) is 6.27. The van der Waals surface area contributed by atoms with Crippen LogP contribution in [0.25, 0.3) is 0 Å². The number of hydrogen-bond acceptors (Lipinski definition) is 3. The van der Waals surface area contributed by atoms with Crippen molar-refractivity contribution in [2.24, 2.45) is 11.8 Å². The Kier molecular flexibility index (Phi) is 5.00. The molecule has 1 N–H and O–H groups in total. The molecule has 0 aliphatic rings. The standard InChI is InChI=1S/C12H21N3O2/c1-9(2)7-15(8-10(3)4)12(16)13-11-5-6-17-14-11/h5-6,9-10H,7-8H2,1-4H3,(H,13,14,16). The van der Waals surface area contributed by atoms with Crippen molar-refractivity contribution < 1.29 is 9.32 Å². The zero-order valence-corrected chi connectivity index (χ0v) is 10.9. The molecule has 2 amide bonds. The van der Waals surface area contributed by atoms with Gasteiger partial charge in [-0.2, -0.15) is 0 Å². The predicted molar refractivity (Wildman–Crippen MR) is 66.8 cm³/mol. The van der Waals surface area contributed by atoms with Gasteiger partial charge in [-0.05, 0) is 11.8 Å². The Morgan fingerprint density at radius 1 is 1.35 bits per heavy atom. The van der Waals surface area contributed by atoms with Crippen LogP contribution in [0.3, 0.4) is 0 Å². The smallest absolute Gasteiger partial charge is 0.323 e. The summed E-state index contributed by atoms with van der Waals surface area (Å²) in [4.78, 5) is 13.8. The highest BCUT2D eigenvalue weighted by Crippen LogP contribution is 2.08. The average Bonchev–Trinajstić information content (AvgIpc) is 2.67. The van der Waals surface area contributed by atoms with E-state index in [0.29, 0.717) is 17.7 Å². The first-order valence-corrected chi connectivity index (χ1v) is 5.95. The molecule has 0 atom stereocenters. The van der Waals surface area contributed by atoms with Crippen LogP contribution in [0, 0.1) is 11.8 Å². The third-order valence-corrected chi connectivity index (χ3v) is 2.13. The van der Waals surface area contributed by atoms with Crippen LogP contribution in [0.4, 0.5) is 10.6 Å². The molecule has 5 heteroatoms. The quantitative estimate of drug-likeness (QED) is 0.859. The summed E-state index contributed by atoms with van der Waals surface area (Å²) in [5.74, 6) is 1.33. The summed E-state index contributed by atoms with van der Waals surface area (Å²) < 4.78 is 4.67. The highest BCUT2D eigenvalue weighted by atomic mass is 16.5. The molecule has 0 saturated carbocycles. The molecular formula is C12H21N3O2. The predicted octanol–water partition coefficient (Wildman–Crippen LogP) is 2.82. The summed E-state index contributed by atoms with van der Waals surface area (Å²) >= 11 is 0. The fraction of sp³-hybridized carbons (Fsp3) is 0.667. The van der Waals surface area contributed by atoms with Crippen LogP contribution in [0.15, 0.2) is 16.9 Å². The number of hydrogen-bond donors (Lipinski definition) is 1. The van der Waals surface area contributed by atoms with Crippen LogP contribution in [0.5, 0.6) is 0 Å². The van der Waals surface area contributed by atoms with Gasteiger partial charge in [-0.1, -0.05) is 32.9 Å². The van der Waals surface area contributed by atoms with E-state index in [-0.39, 0.29) is 6.03 Å². The summed E-state index contributed by atoms with van der Waals surface area (Å²) in [6.07, 6.45) is 1.44. The SMILES string of the molecule is CC(C)CN(CC(C)C)C(=O)Nc1ccon1. The maximum absolute atomic E-state index is 12.0. The van der Waals surface area contributed by atoms with Gasteiger partial charge in [-0.3, -0.25) is 5.32 Å². The van der Waals surface area contributed by atoms with Crippen LogP contribution < -0.4 is 5.32 Å². The largest absolute Gasteiger partial charge is 0.363 e. The lowest BCUT2D eigenvalue weighted by Gasteiger charge is -2.26. The molecule has 17 heavy (non-hydrogen) atoms. The minimum atomic E-state index is -0.124. The maximum atomic E-state index is 12.0. The second-order valence-corrected chi connectivity index (χ2v) is 5.01. The van der Waals surface area contributed by atoms with Gasteiger partial charge in [-0.25, -0.2) is 4.79 Å². The van der Waals surface area contributed by atoms with Crippen molar-refractivity contribution in [1.82, 2.24) is 10.1 Å². The van der Waals surface area contributed by atoms with Gasteiger partial charge < -0.3 is 9.42 Å². The molecular weight excluding hydrogens is 218 g/mol. The first-order valence-electron chi connectivity index (χ1n) is 5.95. The zero-order valence-electron chi connectivity index (χ0n) is 10.9. The van der Waals surface area contributed by atoms with Crippen molar-refractivity contribution in [3.63, 3.8) is 0 Å². The summed E-state index contributed by atoms with van der Waals surface area (Å²) in [5, 5.41) is 6.38. The van der Waals surface area contributed by atoms with Crippen LogP contribution in [0.1, 0.15) is 27.7 Å². The normalized spacial score (nSPS) is 10.9. The monoisotopic (exact) mass is 239 g/mol. The summed E-state index contributed by atoms with van der Waals surface area (Å²) in [5.41, 5.74) is 0. The average molecular weight is 239 g/mol. The highest BCUT2D eigenvalue weighted by molar-refractivity contribution is 5.88. The van der Waals surface area contributed by atoms with Gasteiger partial charge in [0.1, 0.15) is 6.26 Å². The van der Waals surface area contributed by atoms with E-state index in [2.05, 4.69) is 42.7 Å². The minimum absolute atomic E-state index is 0.124. The van der Waals surface area contributed by atoms with Crippen LogP contribution in [-0.2, 0) is 0 Å². The molecule has 0 saturated heterocycles. The molecule has 0 fully saturated rings. The van der Waals surface area contributed by atoms with Gasteiger partial charge in [0.05, 0.1) is 0 Å². The molecule has 0 spiro atoms. The topological polar surface area (TPSA) is 58.4 Å². The summed E-state index contributed by atoms with van der Waals surface area (Å²) in [6, 6.07) is 1.50. The van der Waals surface area contributed by atoms with E-state index in [1.165, 1.54) is 6.26 Å². The Bertz CT molecular complexity index is 324. The van der Waals surface area contributed by atoms with Crippen LogP contribution >= 0.6 is 0 Å². The Balaban J connectivity index is 2.58. The Labute approximate surface area is 102 Å². The molecule has 1 aromatic rings. The summed E-state index contributed by atoms with van der Waals surface area (Å²) in [7, 11) is 0. The molecule has 0 radical (unpaired) electrons. The van der Waals surface area contributed by atoms with Gasteiger partial charge in [0.25, 0.3) is 0 Å². The Hall–Kier alpha value is -1.52. The van der Waals surface area contributed by atoms with Crippen molar-refractivity contribution >= 4 is 11.8 Å². The first-order chi connectivity index (χ1) is 7.99. The van der Waals surface area contributed by atoms with Crippen molar-refractivity contribution in [3.8, 4) is 0 Å². The van der Waals surface area contributed by atoms with E-state index < -0.39 is 0 Å². The molecule has 0 unspecified atom stereocenters. The van der Waals surface area contributed by atoms with Gasteiger partial charge in [0.2, 0.25) is 0 Å². The third kappa shape index (κ3) is 4.89. The number of anilines is 1. The molecule has 1 aromatic heterocycles. The number of rotatable bonds is 5. The lowest BCUT2D eigenvalue weighted by Crippen LogP contribution is -2.39. The van der Waals surface area contributed by atoms with Crippen LogP contribution in [0.2, 0.25) is 0 Å². The fourth-order valence-electron chi connectivity index (χ4n) is 1.59. The van der Waals surface area contributed by atoms with Crippen LogP contribution in [-0.4, -0.2) is 29.2 Å². The molecule has 1 rings (SSSR count). The number of nitrogens with zero attached hydrogens (tertiary/aromatic N) is 2. The Morgan fingerprint density at radius 3 is 2.35 bits per heavy atom. The molecule has 0 aliphatic carbocycles. The van der Waals surface area contributed by atoms with E-state index in [9.17, 15) is 4.79 Å². The van der Waals surface area contributed by atoms with Gasteiger partial charge >= 0.3 is 6.03 Å². The molecule has 0 bridgehead atoms. The Morgan fingerprint density at radius 2 is 1.94 bits per heavy atom. The zero-order chi connectivity index (χ0) is 12.8. The molecule has 1 heterocycles. The molecule has 96 valence electrons. The number of urea groups is 1. The number of aromatic nitrogens is 1. The fourth-order valence-corrected chi connectivity index (χ4v) is 1.59. The second-order valence-electron chi connectivity index (χ2n) is 5.01.